The van der Waals surface area contributed by atoms with Crippen molar-refractivity contribution in [3.8, 4) is 16.9 Å². The SMILES string of the molecule is Cc1ccc(-c2ccc(O)c(=O)cc2)cc1. The van der Waals surface area contributed by atoms with E-state index in [2.05, 4.69) is 0 Å². The lowest BCUT2D eigenvalue weighted by molar-refractivity contribution is 0.471. The van der Waals surface area contributed by atoms with Crippen molar-refractivity contribution in [1.82, 2.24) is 0 Å². The van der Waals surface area contributed by atoms with Crippen LogP contribution in [-0.2, 0) is 0 Å². The molecule has 0 fully saturated rings. The third-order valence-corrected chi connectivity index (χ3v) is 2.47. The number of hydrogen-bond acceptors (Lipinski definition) is 2. The molecule has 0 aliphatic carbocycles. The van der Waals surface area contributed by atoms with Gasteiger partial charge in [0.15, 0.2) is 5.75 Å². The maximum absolute atomic E-state index is 11.2. The molecule has 0 heterocycles. The number of rotatable bonds is 1. The fourth-order valence-corrected chi connectivity index (χ4v) is 1.50. The number of hydrogen-bond donors (Lipinski definition) is 1. The van der Waals surface area contributed by atoms with Gasteiger partial charge in [-0.3, -0.25) is 4.79 Å². The molecule has 2 heteroatoms. The Labute approximate surface area is 93.8 Å². The van der Waals surface area contributed by atoms with Crippen LogP contribution in [0, 0.1) is 6.92 Å². The van der Waals surface area contributed by atoms with Crippen LogP contribution in [0.15, 0.2) is 53.3 Å². The van der Waals surface area contributed by atoms with E-state index in [0.717, 1.165) is 11.1 Å². The largest absolute Gasteiger partial charge is 0.504 e. The average molecular weight is 212 g/mol. The molecule has 0 bridgehead atoms. The van der Waals surface area contributed by atoms with E-state index in [1.54, 1.807) is 12.1 Å². The lowest BCUT2D eigenvalue weighted by atomic mass is 10.1. The first kappa shape index (κ1) is 10.4. The van der Waals surface area contributed by atoms with Crippen molar-refractivity contribution < 1.29 is 5.11 Å². The molecule has 16 heavy (non-hydrogen) atoms. The molecule has 0 aliphatic heterocycles. The molecule has 2 aromatic carbocycles. The standard InChI is InChI=1S/C14H12O2/c1-10-2-4-11(5-3-10)12-6-8-13(15)14(16)9-7-12/h2-9H,1H3,(H,15,16). The first-order valence-corrected chi connectivity index (χ1v) is 5.07. The van der Waals surface area contributed by atoms with Crippen LogP contribution in [0.2, 0.25) is 0 Å². The van der Waals surface area contributed by atoms with Gasteiger partial charge in [0.05, 0.1) is 0 Å². The zero-order chi connectivity index (χ0) is 11.5. The average Bonchev–Trinajstić information content (AvgIpc) is 2.44. The van der Waals surface area contributed by atoms with E-state index in [4.69, 9.17) is 0 Å². The molecule has 1 N–H and O–H groups in total. The number of benzene rings is 1. The van der Waals surface area contributed by atoms with Crippen LogP contribution >= 0.6 is 0 Å². The van der Waals surface area contributed by atoms with Crippen molar-refractivity contribution in [2.45, 2.75) is 6.92 Å². The maximum atomic E-state index is 11.2. The Bertz CT molecular complexity index is 557. The molecule has 80 valence electrons. The monoisotopic (exact) mass is 212 g/mol. The summed E-state index contributed by atoms with van der Waals surface area (Å²) < 4.78 is 0. The quantitative estimate of drug-likeness (QED) is 0.789. The van der Waals surface area contributed by atoms with Gasteiger partial charge in [-0.1, -0.05) is 42.0 Å². The summed E-state index contributed by atoms with van der Waals surface area (Å²) >= 11 is 0. The minimum Gasteiger partial charge on any atom is -0.504 e. The van der Waals surface area contributed by atoms with Crippen molar-refractivity contribution in [2.24, 2.45) is 0 Å². The summed E-state index contributed by atoms with van der Waals surface area (Å²) in [6.45, 7) is 2.02. The summed E-state index contributed by atoms with van der Waals surface area (Å²) in [6.07, 6.45) is 0. The van der Waals surface area contributed by atoms with Crippen molar-refractivity contribution in [1.29, 1.82) is 0 Å². The molecule has 0 aromatic heterocycles. The summed E-state index contributed by atoms with van der Waals surface area (Å²) in [5, 5.41) is 9.28. The van der Waals surface area contributed by atoms with Crippen molar-refractivity contribution in [3.63, 3.8) is 0 Å². The Morgan fingerprint density at radius 3 is 1.94 bits per heavy atom. The highest BCUT2D eigenvalue weighted by Gasteiger charge is 1.97. The Kier molecular flexibility index (Phi) is 2.73. The Balaban J connectivity index is 2.53. The van der Waals surface area contributed by atoms with Crippen LogP contribution in [0.25, 0.3) is 11.1 Å². The third kappa shape index (κ3) is 2.11. The first-order chi connectivity index (χ1) is 7.66. The van der Waals surface area contributed by atoms with Gasteiger partial charge < -0.3 is 5.11 Å². The molecule has 0 spiro atoms. The second-order valence-corrected chi connectivity index (χ2v) is 3.74. The highest BCUT2D eigenvalue weighted by atomic mass is 16.3. The smallest absolute Gasteiger partial charge is 0.220 e. The molecule has 0 amide bonds. The van der Waals surface area contributed by atoms with Crippen LogP contribution in [0.5, 0.6) is 5.75 Å². The molecule has 0 atom stereocenters. The highest BCUT2D eigenvalue weighted by Crippen LogP contribution is 2.18. The summed E-state index contributed by atoms with van der Waals surface area (Å²) in [4.78, 5) is 11.2. The normalized spacial score (nSPS) is 10.1. The molecular weight excluding hydrogens is 200 g/mol. The Hall–Kier alpha value is -2.09. The molecule has 0 saturated heterocycles. The third-order valence-electron chi connectivity index (χ3n) is 2.47. The Morgan fingerprint density at radius 2 is 1.31 bits per heavy atom. The van der Waals surface area contributed by atoms with Crippen LogP contribution in [0.3, 0.4) is 0 Å². The predicted molar refractivity (Wildman–Crippen MR) is 64.5 cm³/mol. The molecule has 0 aliphatic rings. The van der Waals surface area contributed by atoms with Gasteiger partial charge in [0.1, 0.15) is 0 Å². The van der Waals surface area contributed by atoms with Gasteiger partial charge in [-0.2, -0.15) is 0 Å². The molecular formula is C14H12O2. The minimum atomic E-state index is -0.363. The van der Waals surface area contributed by atoms with E-state index in [-0.39, 0.29) is 11.2 Å². The van der Waals surface area contributed by atoms with E-state index in [0.29, 0.717) is 0 Å². The predicted octanol–water partition coefficient (Wildman–Crippen LogP) is 2.73. The zero-order valence-corrected chi connectivity index (χ0v) is 8.97. The van der Waals surface area contributed by atoms with Gasteiger partial charge in [0, 0.05) is 0 Å². The lowest BCUT2D eigenvalue weighted by Gasteiger charge is -1.98. The van der Waals surface area contributed by atoms with Crippen LogP contribution in [0.1, 0.15) is 5.56 Å². The van der Waals surface area contributed by atoms with E-state index < -0.39 is 0 Å². The lowest BCUT2D eigenvalue weighted by Crippen LogP contribution is -1.91. The highest BCUT2D eigenvalue weighted by molar-refractivity contribution is 5.63. The molecule has 0 saturated carbocycles. The van der Waals surface area contributed by atoms with E-state index in [1.165, 1.54) is 17.7 Å². The summed E-state index contributed by atoms with van der Waals surface area (Å²) in [6, 6.07) is 14.3. The van der Waals surface area contributed by atoms with Gasteiger partial charge in [-0.15, -0.1) is 0 Å². The van der Waals surface area contributed by atoms with E-state index >= 15 is 0 Å². The van der Waals surface area contributed by atoms with Gasteiger partial charge in [-0.05, 0) is 30.2 Å². The van der Waals surface area contributed by atoms with Gasteiger partial charge >= 0.3 is 0 Å². The maximum Gasteiger partial charge on any atom is 0.220 e. The van der Waals surface area contributed by atoms with Crippen LogP contribution in [0.4, 0.5) is 0 Å². The van der Waals surface area contributed by atoms with Gasteiger partial charge in [-0.25, -0.2) is 0 Å². The summed E-state index contributed by atoms with van der Waals surface area (Å²) in [7, 11) is 0. The fraction of sp³-hybridized carbons (Fsp3) is 0.0714. The van der Waals surface area contributed by atoms with Crippen LogP contribution in [-0.4, -0.2) is 5.11 Å². The molecule has 2 rings (SSSR count). The van der Waals surface area contributed by atoms with Gasteiger partial charge in [0.25, 0.3) is 0 Å². The first-order valence-electron chi connectivity index (χ1n) is 5.07. The molecule has 0 radical (unpaired) electrons. The second kappa shape index (κ2) is 4.19. The van der Waals surface area contributed by atoms with Crippen molar-refractivity contribution in [3.05, 3.63) is 64.3 Å². The fourth-order valence-electron chi connectivity index (χ4n) is 1.50. The van der Waals surface area contributed by atoms with Gasteiger partial charge in [0.2, 0.25) is 5.43 Å². The summed E-state index contributed by atoms with van der Waals surface area (Å²) in [5.41, 5.74) is 2.77. The van der Waals surface area contributed by atoms with Crippen molar-refractivity contribution in [2.75, 3.05) is 0 Å². The molecule has 2 aromatic rings. The number of aromatic hydroxyl groups is 1. The molecule has 0 unspecified atom stereocenters. The van der Waals surface area contributed by atoms with E-state index in [1.807, 2.05) is 31.2 Å². The van der Waals surface area contributed by atoms with E-state index in [9.17, 15) is 9.90 Å². The second-order valence-electron chi connectivity index (χ2n) is 3.74. The Morgan fingerprint density at radius 1 is 0.812 bits per heavy atom. The minimum absolute atomic E-state index is 0.224. The van der Waals surface area contributed by atoms with Crippen LogP contribution < -0.4 is 5.43 Å². The number of aryl methyl sites for hydroxylation is 1. The zero-order valence-electron chi connectivity index (χ0n) is 8.97. The topological polar surface area (TPSA) is 37.3 Å². The summed E-state index contributed by atoms with van der Waals surface area (Å²) in [5.74, 6) is -0.224. The molecule has 2 nitrogen and oxygen atoms in total. The van der Waals surface area contributed by atoms with Crippen molar-refractivity contribution >= 4 is 0 Å².